The van der Waals surface area contributed by atoms with Crippen LogP contribution in [-0.4, -0.2) is 17.9 Å². The molecule has 0 amide bonds. The number of hydrogen-bond acceptors (Lipinski definition) is 3. The van der Waals surface area contributed by atoms with Gasteiger partial charge in [-0.1, -0.05) is 6.42 Å². The van der Waals surface area contributed by atoms with Gasteiger partial charge in [0, 0.05) is 0 Å². The number of carboxylic acid groups (broad SMARTS) is 1. The molecule has 0 saturated heterocycles. The highest BCUT2D eigenvalue weighted by Gasteiger charge is 2.51. The third kappa shape index (κ3) is 1.72. The van der Waals surface area contributed by atoms with Gasteiger partial charge in [0.25, 0.3) is 0 Å². The molecule has 20 heavy (non-hydrogen) atoms. The predicted octanol–water partition coefficient (Wildman–Crippen LogP) is 2.94. The molecule has 7 heteroatoms. The van der Waals surface area contributed by atoms with Crippen LogP contribution in [0.25, 0.3) is 0 Å². The molecule has 2 aliphatic rings. The Kier molecular flexibility index (Phi) is 2.64. The van der Waals surface area contributed by atoms with Gasteiger partial charge in [0.15, 0.2) is 11.5 Å². The summed E-state index contributed by atoms with van der Waals surface area (Å²) in [6.07, 6.45) is -3.64. The van der Waals surface area contributed by atoms with Gasteiger partial charge in [-0.15, -0.1) is 0 Å². The lowest BCUT2D eigenvalue weighted by Gasteiger charge is -2.39. The molecule has 1 aliphatic carbocycles. The topological polar surface area (TPSA) is 55.8 Å². The van der Waals surface area contributed by atoms with E-state index in [2.05, 4.69) is 0 Å². The molecule has 108 valence electrons. The maximum absolute atomic E-state index is 13.2. The summed E-state index contributed by atoms with van der Waals surface area (Å²) in [5, 5.41) is 9.34. The third-order valence-electron chi connectivity index (χ3n) is 3.95. The van der Waals surface area contributed by atoms with Gasteiger partial charge in [-0.05, 0) is 30.5 Å². The van der Waals surface area contributed by atoms with E-state index in [1.54, 1.807) is 0 Å². The monoisotopic (exact) mass is 288 g/mol. The minimum absolute atomic E-state index is 0.000868. The lowest BCUT2D eigenvalue weighted by atomic mass is 9.63. The Morgan fingerprint density at radius 3 is 2.25 bits per heavy atom. The number of carbonyl (C=O) groups is 1. The normalized spacial score (nSPS) is 19.6. The van der Waals surface area contributed by atoms with Gasteiger partial charge in [0.2, 0.25) is 6.79 Å². The number of rotatable bonds is 2. The molecule has 1 aromatic carbocycles. The molecule has 0 radical (unpaired) electrons. The summed E-state index contributed by atoms with van der Waals surface area (Å²) in [5.74, 6) is -1.06. The molecule has 3 rings (SSSR count). The van der Waals surface area contributed by atoms with Crippen molar-refractivity contribution in [1.29, 1.82) is 0 Å². The van der Waals surface area contributed by atoms with Crippen LogP contribution < -0.4 is 9.47 Å². The number of aliphatic carboxylic acids is 1. The number of benzene rings is 1. The van der Waals surface area contributed by atoms with Crippen LogP contribution in [0.2, 0.25) is 0 Å². The largest absolute Gasteiger partial charge is 0.481 e. The van der Waals surface area contributed by atoms with Crippen LogP contribution in [0.5, 0.6) is 11.5 Å². The maximum Gasteiger partial charge on any atom is 0.416 e. The first kappa shape index (κ1) is 13.1. The summed E-state index contributed by atoms with van der Waals surface area (Å²) < 4.78 is 49.6. The fourth-order valence-electron chi connectivity index (χ4n) is 2.70. The van der Waals surface area contributed by atoms with Gasteiger partial charge >= 0.3 is 12.1 Å². The van der Waals surface area contributed by atoms with E-state index in [-0.39, 0.29) is 36.7 Å². The molecule has 0 unspecified atom stereocenters. The Morgan fingerprint density at radius 2 is 1.80 bits per heavy atom. The molecular weight excluding hydrogens is 277 g/mol. The van der Waals surface area contributed by atoms with Crippen molar-refractivity contribution < 1.29 is 32.5 Å². The fourth-order valence-corrected chi connectivity index (χ4v) is 2.70. The van der Waals surface area contributed by atoms with Crippen LogP contribution in [0.1, 0.15) is 30.4 Å². The lowest BCUT2D eigenvalue weighted by Crippen LogP contribution is -2.43. The van der Waals surface area contributed by atoms with E-state index in [0.29, 0.717) is 6.42 Å². The molecule has 1 aliphatic heterocycles. The van der Waals surface area contributed by atoms with Gasteiger partial charge in [-0.2, -0.15) is 13.2 Å². The molecule has 0 aromatic heterocycles. The number of carboxylic acids is 1. The predicted molar refractivity (Wildman–Crippen MR) is 60.7 cm³/mol. The summed E-state index contributed by atoms with van der Waals surface area (Å²) in [6.45, 7) is -0.157. The Labute approximate surface area is 112 Å². The molecule has 1 heterocycles. The van der Waals surface area contributed by atoms with Gasteiger partial charge in [0.1, 0.15) is 0 Å². The number of alkyl halides is 3. The van der Waals surface area contributed by atoms with Crippen molar-refractivity contribution in [2.24, 2.45) is 0 Å². The smallest absolute Gasteiger partial charge is 0.416 e. The molecule has 1 saturated carbocycles. The summed E-state index contributed by atoms with van der Waals surface area (Å²) in [7, 11) is 0. The first-order valence-corrected chi connectivity index (χ1v) is 6.09. The third-order valence-corrected chi connectivity index (χ3v) is 3.95. The van der Waals surface area contributed by atoms with Gasteiger partial charge < -0.3 is 14.6 Å². The van der Waals surface area contributed by atoms with Crippen molar-refractivity contribution in [1.82, 2.24) is 0 Å². The Hall–Kier alpha value is -1.92. The average molecular weight is 288 g/mol. The standard InChI is InChI=1S/C13H11F3O4/c14-13(15,16)8-5-10-9(19-6-20-10)4-7(8)12(11(17)18)2-1-3-12/h4-5H,1-3,6H2,(H,17,18). The minimum Gasteiger partial charge on any atom is -0.481 e. The van der Waals surface area contributed by atoms with E-state index >= 15 is 0 Å². The van der Waals surface area contributed by atoms with E-state index in [0.717, 1.165) is 6.07 Å². The zero-order chi connectivity index (χ0) is 14.5. The molecule has 0 atom stereocenters. The van der Waals surface area contributed by atoms with Crippen LogP contribution >= 0.6 is 0 Å². The second kappa shape index (κ2) is 4.04. The SMILES string of the molecule is O=C(O)C1(c2cc3c(cc2C(F)(F)F)OCO3)CCC1. The van der Waals surface area contributed by atoms with Gasteiger partial charge in [-0.3, -0.25) is 4.79 Å². The van der Waals surface area contributed by atoms with Crippen LogP contribution in [0.4, 0.5) is 13.2 Å². The summed E-state index contributed by atoms with van der Waals surface area (Å²) in [6, 6.07) is 2.00. The summed E-state index contributed by atoms with van der Waals surface area (Å²) in [5.41, 5.74) is -2.65. The fraction of sp³-hybridized carbons (Fsp3) is 0.462. The van der Waals surface area contributed by atoms with Crippen LogP contribution in [-0.2, 0) is 16.4 Å². The molecule has 4 nitrogen and oxygen atoms in total. The van der Waals surface area contributed by atoms with E-state index in [4.69, 9.17) is 9.47 Å². The number of fused-ring (bicyclic) bond motifs is 1. The average Bonchev–Trinajstić information content (AvgIpc) is 2.71. The van der Waals surface area contributed by atoms with Crippen molar-refractivity contribution >= 4 is 5.97 Å². The first-order valence-electron chi connectivity index (χ1n) is 6.09. The van der Waals surface area contributed by atoms with Crippen molar-refractivity contribution in [3.8, 4) is 11.5 Å². The van der Waals surface area contributed by atoms with Crippen molar-refractivity contribution in [2.75, 3.05) is 6.79 Å². The van der Waals surface area contributed by atoms with Crippen molar-refractivity contribution in [3.63, 3.8) is 0 Å². The second-order valence-corrected chi connectivity index (χ2v) is 4.99. The molecule has 1 aromatic rings. The zero-order valence-electron chi connectivity index (χ0n) is 10.3. The zero-order valence-corrected chi connectivity index (χ0v) is 10.3. The maximum atomic E-state index is 13.2. The summed E-state index contributed by atoms with van der Waals surface area (Å²) in [4.78, 5) is 11.4. The van der Waals surface area contributed by atoms with Crippen LogP contribution in [0.15, 0.2) is 12.1 Å². The van der Waals surface area contributed by atoms with E-state index in [1.807, 2.05) is 0 Å². The quantitative estimate of drug-likeness (QED) is 0.909. The lowest BCUT2D eigenvalue weighted by molar-refractivity contribution is -0.149. The van der Waals surface area contributed by atoms with Gasteiger partial charge in [0.05, 0.1) is 11.0 Å². The minimum atomic E-state index is -4.63. The number of ether oxygens (including phenoxy) is 2. The van der Waals surface area contributed by atoms with Gasteiger partial charge in [-0.25, -0.2) is 0 Å². The van der Waals surface area contributed by atoms with E-state index < -0.39 is 23.1 Å². The van der Waals surface area contributed by atoms with Crippen LogP contribution in [0.3, 0.4) is 0 Å². The Morgan fingerprint density at radius 1 is 1.20 bits per heavy atom. The van der Waals surface area contributed by atoms with Crippen molar-refractivity contribution in [3.05, 3.63) is 23.3 Å². The second-order valence-electron chi connectivity index (χ2n) is 4.99. The highest BCUT2D eigenvalue weighted by molar-refractivity contribution is 5.83. The number of halogens is 3. The Bertz CT molecular complexity index is 576. The first-order chi connectivity index (χ1) is 9.34. The van der Waals surface area contributed by atoms with E-state index in [9.17, 15) is 23.1 Å². The molecular formula is C13H11F3O4. The molecule has 1 N–H and O–H groups in total. The number of hydrogen-bond donors (Lipinski definition) is 1. The molecule has 0 spiro atoms. The summed E-state index contributed by atoms with van der Waals surface area (Å²) >= 11 is 0. The van der Waals surface area contributed by atoms with Crippen LogP contribution in [0, 0.1) is 0 Å². The van der Waals surface area contributed by atoms with E-state index in [1.165, 1.54) is 6.07 Å². The highest BCUT2D eigenvalue weighted by atomic mass is 19.4. The Balaban J connectivity index is 2.21. The highest BCUT2D eigenvalue weighted by Crippen LogP contribution is 2.51. The molecule has 0 bridgehead atoms. The molecule has 1 fully saturated rings. The van der Waals surface area contributed by atoms with Crippen molar-refractivity contribution in [2.45, 2.75) is 30.9 Å².